The van der Waals surface area contributed by atoms with Crippen LogP contribution in [0.15, 0.2) is 12.1 Å². The average molecular weight is 392 g/mol. The lowest BCUT2D eigenvalue weighted by atomic mass is 10.1. The molecule has 0 atom stereocenters. The topological polar surface area (TPSA) is 91.1 Å². The van der Waals surface area contributed by atoms with E-state index in [4.69, 9.17) is 14.2 Å². The molecule has 28 heavy (non-hydrogen) atoms. The molecule has 0 N–H and O–H groups in total. The molecule has 2 fully saturated rings. The quantitative estimate of drug-likeness (QED) is 0.503. The summed E-state index contributed by atoms with van der Waals surface area (Å²) in [7, 11) is 2.88. The van der Waals surface area contributed by atoms with Crippen molar-refractivity contribution in [1.82, 2.24) is 4.90 Å². The molecule has 0 bridgehead atoms. The third-order valence-corrected chi connectivity index (χ3v) is 5.78. The number of hydrogen-bond acceptors (Lipinski definition) is 6. The van der Waals surface area contributed by atoms with Crippen molar-refractivity contribution < 1.29 is 23.9 Å². The summed E-state index contributed by atoms with van der Waals surface area (Å²) < 4.78 is 15.9. The van der Waals surface area contributed by atoms with Gasteiger partial charge in [-0.3, -0.25) is 10.1 Å². The first-order valence-corrected chi connectivity index (χ1v) is 9.89. The van der Waals surface area contributed by atoms with Gasteiger partial charge in [-0.15, -0.1) is 0 Å². The van der Waals surface area contributed by atoms with Crippen LogP contribution < -0.4 is 9.47 Å². The molecule has 0 heterocycles. The molecule has 0 aliphatic heterocycles. The third kappa shape index (κ3) is 4.31. The maximum absolute atomic E-state index is 12.9. The number of methoxy groups -OCH3 is 2. The molecule has 0 aromatic heterocycles. The van der Waals surface area contributed by atoms with Gasteiger partial charge in [0.2, 0.25) is 0 Å². The molecular formula is C20H28N2O6. The molecule has 1 aromatic rings. The van der Waals surface area contributed by atoms with Crippen LogP contribution in [0.5, 0.6) is 11.5 Å². The van der Waals surface area contributed by atoms with E-state index in [2.05, 4.69) is 0 Å². The Morgan fingerprint density at radius 2 is 1.54 bits per heavy atom. The second-order valence-corrected chi connectivity index (χ2v) is 7.43. The monoisotopic (exact) mass is 392 g/mol. The van der Waals surface area contributed by atoms with Gasteiger partial charge in [-0.1, -0.05) is 25.7 Å². The first kappa shape index (κ1) is 20.2. The summed E-state index contributed by atoms with van der Waals surface area (Å²) in [5.74, 6) is 0.630. The van der Waals surface area contributed by atoms with E-state index >= 15 is 0 Å². The molecule has 3 rings (SSSR count). The molecule has 8 heteroatoms. The molecule has 2 saturated carbocycles. The lowest BCUT2D eigenvalue weighted by molar-refractivity contribution is -0.385. The second kappa shape index (κ2) is 9.12. The van der Waals surface area contributed by atoms with Crippen molar-refractivity contribution in [2.45, 2.75) is 70.1 Å². The van der Waals surface area contributed by atoms with Gasteiger partial charge in [-0.25, -0.2) is 4.79 Å². The number of rotatable bonds is 7. The van der Waals surface area contributed by atoms with E-state index in [0.29, 0.717) is 5.75 Å². The Bertz CT molecular complexity index is 695. The number of carbonyl (C=O) groups is 1. The largest absolute Gasteiger partial charge is 0.493 e. The van der Waals surface area contributed by atoms with Gasteiger partial charge in [0.1, 0.15) is 6.61 Å². The number of nitro benzene ring substituents is 1. The number of nitrogens with zero attached hydrogens (tertiary/aromatic N) is 2. The van der Waals surface area contributed by atoms with E-state index in [-0.39, 0.29) is 41.8 Å². The Balaban J connectivity index is 1.77. The van der Waals surface area contributed by atoms with Gasteiger partial charge < -0.3 is 19.1 Å². The van der Waals surface area contributed by atoms with Crippen molar-refractivity contribution in [2.75, 3.05) is 14.2 Å². The van der Waals surface area contributed by atoms with Gasteiger partial charge >= 0.3 is 6.09 Å². The SMILES string of the molecule is COc1cc(COC(=O)N(C2CCCC2)C2CCCC2)c([N+](=O)[O-])cc1OC. The number of amides is 1. The number of hydrogen-bond donors (Lipinski definition) is 0. The van der Waals surface area contributed by atoms with Crippen LogP contribution in [0.1, 0.15) is 56.9 Å². The summed E-state index contributed by atoms with van der Waals surface area (Å²) in [5, 5.41) is 11.4. The van der Waals surface area contributed by atoms with E-state index in [0.717, 1.165) is 51.4 Å². The van der Waals surface area contributed by atoms with Crippen LogP contribution in [-0.2, 0) is 11.3 Å². The molecule has 0 saturated heterocycles. The van der Waals surface area contributed by atoms with Crippen molar-refractivity contribution >= 4 is 11.8 Å². The molecule has 0 spiro atoms. The molecule has 2 aliphatic carbocycles. The van der Waals surface area contributed by atoms with Crippen molar-refractivity contribution in [1.29, 1.82) is 0 Å². The van der Waals surface area contributed by atoms with Gasteiger partial charge in [-0.05, 0) is 31.7 Å². The average Bonchev–Trinajstić information content (AvgIpc) is 3.40. The van der Waals surface area contributed by atoms with Crippen LogP contribution in [0, 0.1) is 10.1 Å². The second-order valence-electron chi connectivity index (χ2n) is 7.43. The minimum absolute atomic E-state index is 0.154. The zero-order chi connectivity index (χ0) is 20.1. The van der Waals surface area contributed by atoms with Crippen LogP contribution in [-0.4, -0.2) is 42.2 Å². The summed E-state index contributed by atoms with van der Waals surface area (Å²) in [6.07, 6.45) is 8.15. The highest BCUT2D eigenvalue weighted by molar-refractivity contribution is 5.69. The number of nitro groups is 1. The Hall–Kier alpha value is -2.51. The minimum Gasteiger partial charge on any atom is -0.493 e. The van der Waals surface area contributed by atoms with E-state index in [1.807, 2.05) is 4.90 Å². The molecule has 2 aliphatic rings. The Kier molecular flexibility index (Phi) is 6.59. The fraction of sp³-hybridized carbons (Fsp3) is 0.650. The summed E-state index contributed by atoms with van der Waals surface area (Å²) in [4.78, 5) is 25.8. The molecule has 8 nitrogen and oxygen atoms in total. The third-order valence-electron chi connectivity index (χ3n) is 5.78. The predicted molar refractivity (Wildman–Crippen MR) is 103 cm³/mol. The van der Waals surface area contributed by atoms with Gasteiger partial charge in [0.15, 0.2) is 11.5 Å². The van der Waals surface area contributed by atoms with Crippen molar-refractivity contribution in [3.63, 3.8) is 0 Å². The number of benzene rings is 1. The maximum atomic E-state index is 12.9. The van der Waals surface area contributed by atoms with Gasteiger partial charge in [0.25, 0.3) is 5.69 Å². The smallest absolute Gasteiger partial charge is 0.410 e. The highest BCUT2D eigenvalue weighted by atomic mass is 16.6. The van der Waals surface area contributed by atoms with E-state index < -0.39 is 4.92 Å². The van der Waals surface area contributed by atoms with Crippen LogP contribution in [0.3, 0.4) is 0 Å². The van der Waals surface area contributed by atoms with Crippen molar-refractivity contribution in [2.24, 2.45) is 0 Å². The van der Waals surface area contributed by atoms with Crippen molar-refractivity contribution in [3.05, 3.63) is 27.8 Å². The lowest BCUT2D eigenvalue weighted by Gasteiger charge is -2.33. The van der Waals surface area contributed by atoms with Crippen LogP contribution >= 0.6 is 0 Å². The highest BCUT2D eigenvalue weighted by Gasteiger charge is 2.35. The van der Waals surface area contributed by atoms with Crippen LogP contribution in [0.25, 0.3) is 0 Å². The Morgan fingerprint density at radius 3 is 2.00 bits per heavy atom. The molecule has 1 aromatic carbocycles. The lowest BCUT2D eigenvalue weighted by Crippen LogP contribution is -2.45. The summed E-state index contributed by atoms with van der Waals surface area (Å²) in [6.45, 7) is -0.175. The Labute approximate surface area is 164 Å². The van der Waals surface area contributed by atoms with Gasteiger partial charge in [0.05, 0.1) is 30.8 Å². The minimum atomic E-state index is -0.503. The predicted octanol–water partition coefficient (Wildman–Crippen LogP) is 4.44. The van der Waals surface area contributed by atoms with Gasteiger partial charge in [-0.2, -0.15) is 0 Å². The summed E-state index contributed by atoms with van der Waals surface area (Å²) in [6, 6.07) is 3.24. The van der Waals surface area contributed by atoms with E-state index in [9.17, 15) is 14.9 Å². The van der Waals surface area contributed by atoms with Crippen LogP contribution in [0.2, 0.25) is 0 Å². The van der Waals surface area contributed by atoms with Crippen molar-refractivity contribution in [3.8, 4) is 11.5 Å². The fourth-order valence-corrected chi connectivity index (χ4v) is 4.37. The molecule has 1 amide bonds. The number of carbonyl (C=O) groups excluding carboxylic acids is 1. The standard InChI is InChI=1S/C20H28N2O6/c1-26-18-11-14(17(22(24)25)12-19(18)27-2)13-28-20(23)21(15-7-3-4-8-15)16-9-5-6-10-16/h11-12,15-16H,3-10,13H2,1-2H3. The molecular weight excluding hydrogens is 364 g/mol. The fourth-order valence-electron chi connectivity index (χ4n) is 4.37. The molecule has 154 valence electrons. The van der Waals surface area contributed by atoms with E-state index in [1.54, 1.807) is 0 Å². The first-order valence-electron chi connectivity index (χ1n) is 9.89. The molecule has 0 unspecified atom stereocenters. The normalized spacial score (nSPS) is 17.5. The first-order chi connectivity index (χ1) is 13.5. The highest BCUT2D eigenvalue weighted by Crippen LogP contribution is 2.36. The zero-order valence-corrected chi connectivity index (χ0v) is 16.5. The van der Waals surface area contributed by atoms with Gasteiger partial charge in [0, 0.05) is 12.1 Å². The summed E-state index contributed by atoms with van der Waals surface area (Å²) >= 11 is 0. The molecule has 0 radical (unpaired) electrons. The summed E-state index contributed by atoms with van der Waals surface area (Å²) in [5.41, 5.74) is 0.132. The Morgan fingerprint density at radius 1 is 1.04 bits per heavy atom. The maximum Gasteiger partial charge on any atom is 0.410 e. The van der Waals surface area contributed by atoms with E-state index in [1.165, 1.54) is 26.4 Å². The van der Waals surface area contributed by atoms with Crippen LogP contribution in [0.4, 0.5) is 10.5 Å². The zero-order valence-electron chi connectivity index (χ0n) is 16.5. The number of ether oxygens (including phenoxy) is 3.